The molecule has 2 unspecified atom stereocenters. The Morgan fingerprint density at radius 1 is 1.20 bits per heavy atom. The van der Waals surface area contributed by atoms with Crippen molar-refractivity contribution in [1.82, 2.24) is 15.2 Å². The molecule has 4 heterocycles. The van der Waals surface area contributed by atoms with Crippen LogP contribution in [0, 0.1) is 11.2 Å². The van der Waals surface area contributed by atoms with E-state index in [4.69, 9.17) is 16.3 Å². The van der Waals surface area contributed by atoms with E-state index in [1.807, 2.05) is 19.9 Å². The normalized spacial score (nSPS) is 25.6. The number of piperidine rings is 2. The molecule has 3 saturated heterocycles. The predicted octanol–water partition coefficient (Wildman–Crippen LogP) is 4.78. The number of hydrogen-bond acceptors (Lipinski definition) is 6. The van der Waals surface area contributed by atoms with E-state index < -0.39 is 28.7 Å². The number of rotatable bonds is 5. The zero-order valence-corrected chi connectivity index (χ0v) is 23.4. The fourth-order valence-corrected chi connectivity index (χ4v) is 6.79. The number of benzene rings is 2. The maximum absolute atomic E-state index is 16.2. The molecule has 7 nitrogen and oxygen atoms in total. The van der Waals surface area contributed by atoms with Crippen LogP contribution < -0.4 is 5.32 Å². The van der Waals surface area contributed by atoms with Crippen molar-refractivity contribution in [3.05, 3.63) is 75.7 Å². The van der Waals surface area contributed by atoms with Crippen LogP contribution in [-0.4, -0.2) is 53.1 Å². The number of likely N-dealkylation sites (tertiary alicyclic amines) is 1. The number of pyridine rings is 1. The molecule has 6 rings (SSSR count). The minimum absolute atomic E-state index is 0.229. The van der Waals surface area contributed by atoms with Crippen LogP contribution in [0.1, 0.15) is 67.2 Å². The van der Waals surface area contributed by atoms with Gasteiger partial charge >= 0.3 is 0 Å². The largest absolute Gasteiger partial charge is 0.384 e. The fourth-order valence-electron chi connectivity index (χ4n) is 6.44. The lowest BCUT2D eigenvalue weighted by atomic mass is 9.66. The van der Waals surface area contributed by atoms with Crippen molar-refractivity contribution >= 4 is 34.3 Å². The summed E-state index contributed by atoms with van der Waals surface area (Å²) in [6, 6.07) is 11.2. The molecule has 40 heavy (non-hydrogen) atoms. The molecule has 3 aromatic rings. The highest BCUT2D eigenvalue weighted by atomic mass is 35.5. The van der Waals surface area contributed by atoms with E-state index in [1.165, 1.54) is 0 Å². The summed E-state index contributed by atoms with van der Waals surface area (Å²) in [4.78, 5) is 30.7. The monoisotopic (exact) mass is 565 g/mol. The molecule has 0 spiro atoms. The first-order valence-electron chi connectivity index (χ1n) is 13.8. The summed E-state index contributed by atoms with van der Waals surface area (Å²) in [5, 5.41) is 15.4. The Hall–Kier alpha value is -2.91. The number of nitrogens with one attached hydrogen (secondary N) is 1. The zero-order chi connectivity index (χ0) is 28.2. The van der Waals surface area contributed by atoms with Crippen molar-refractivity contribution in [2.24, 2.45) is 5.41 Å². The topological polar surface area (TPSA) is 91.8 Å². The molecule has 0 bridgehead atoms. The first-order chi connectivity index (χ1) is 19.1. The van der Waals surface area contributed by atoms with Gasteiger partial charge in [0.2, 0.25) is 11.8 Å². The smallest absolute Gasteiger partial charge is 0.234 e. The van der Waals surface area contributed by atoms with Crippen molar-refractivity contribution in [3.63, 3.8) is 0 Å². The standard InChI is InChI=1S/C31H33ClFN3O4/c1-30(2)17-36(14-18-3-4-21(25(32)11-18)20-15-40-16-20)10-9-31(30,39)24-6-7-26-23(28(24)33)12-19(13-34-26)22-5-8-27(37)35-29(22)38/h3-4,6-7,11-13,20,22,39H,5,8-10,14-17H2,1-2H3,(H,35,37,38). The van der Waals surface area contributed by atoms with Crippen molar-refractivity contribution in [1.29, 1.82) is 0 Å². The van der Waals surface area contributed by atoms with Crippen molar-refractivity contribution in [2.75, 3.05) is 26.3 Å². The molecule has 210 valence electrons. The van der Waals surface area contributed by atoms with E-state index in [9.17, 15) is 14.7 Å². The third-order valence-electron chi connectivity index (χ3n) is 8.98. The highest BCUT2D eigenvalue weighted by Gasteiger charge is 2.50. The number of carbonyl (C=O) groups excluding carboxylic acids is 2. The molecule has 0 radical (unpaired) electrons. The minimum Gasteiger partial charge on any atom is -0.384 e. The molecule has 1 aromatic heterocycles. The quantitative estimate of drug-likeness (QED) is 0.433. The Labute approximate surface area is 237 Å². The van der Waals surface area contributed by atoms with Crippen LogP contribution in [0.2, 0.25) is 5.02 Å². The molecule has 0 saturated carbocycles. The molecule has 3 aliphatic rings. The summed E-state index contributed by atoms with van der Waals surface area (Å²) in [6.07, 6.45) is 2.51. The Morgan fingerprint density at radius 2 is 2.00 bits per heavy atom. The Morgan fingerprint density at radius 3 is 2.67 bits per heavy atom. The number of imide groups is 1. The van der Waals surface area contributed by atoms with E-state index in [1.54, 1.807) is 24.4 Å². The lowest BCUT2D eigenvalue weighted by Crippen LogP contribution is -2.55. The molecule has 3 fully saturated rings. The first-order valence-corrected chi connectivity index (χ1v) is 14.2. The molecule has 2 aromatic carbocycles. The molecule has 2 amide bonds. The number of fused-ring (bicyclic) bond motifs is 1. The van der Waals surface area contributed by atoms with E-state index in [0.717, 1.165) is 16.1 Å². The minimum atomic E-state index is -1.40. The maximum Gasteiger partial charge on any atom is 0.234 e. The third kappa shape index (κ3) is 4.71. The molecule has 0 aliphatic carbocycles. The van der Waals surface area contributed by atoms with E-state index in [0.29, 0.717) is 62.7 Å². The van der Waals surface area contributed by atoms with Gasteiger partial charge in [-0.05, 0) is 47.7 Å². The van der Waals surface area contributed by atoms with Gasteiger partial charge in [0.1, 0.15) is 5.82 Å². The summed E-state index contributed by atoms with van der Waals surface area (Å²) in [5.41, 5.74) is 1.39. The number of ether oxygens (including phenoxy) is 1. The highest BCUT2D eigenvalue weighted by molar-refractivity contribution is 6.31. The van der Waals surface area contributed by atoms with Gasteiger partial charge in [-0.15, -0.1) is 0 Å². The van der Waals surface area contributed by atoms with Crippen molar-refractivity contribution in [2.45, 2.75) is 57.1 Å². The number of halogens is 2. The lowest BCUT2D eigenvalue weighted by molar-refractivity contribution is -0.134. The van der Waals surface area contributed by atoms with Gasteiger partial charge < -0.3 is 9.84 Å². The number of nitrogens with zero attached hydrogens (tertiary/aromatic N) is 2. The summed E-state index contributed by atoms with van der Waals surface area (Å²) in [6.45, 7) is 7.17. The number of carbonyl (C=O) groups is 2. The second-order valence-electron chi connectivity index (χ2n) is 12.1. The second-order valence-corrected chi connectivity index (χ2v) is 12.5. The SMILES string of the molecule is CC1(C)CN(Cc2ccc(C3COC3)c(Cl)c2)CCC1(O)c1ccc2ncc(C3CCC(=O)NC3=O)cc2c1F. The second kappa shape index (κ2) is 10.2. The van der Waals surface area contributed by atoms with Crippen LogP contribution in [0.4, 0.5) is 4.39 Å². The summed E-state index contributed by atoms with van der Waals surface area (Å²) >= 11 is 6.58. The van der Waals surface area contributed by atoms with Crippen LogP contribution >= 0.6 is 11.6 Å². The molecule has 2 atom stereocenters. The fraction of sp³-hybridized carbons (Fsp3) is 0.452. The Bertz CT molecular complexity index is 1510. The predicted molar refractivity (Wildman–Crippen MR) is 149 cm³/mol. The van der Waals surface area contributed by atoms with Gasteiger partial charge in [0, 0.05) is 59.6 Å². The zero-order valence-electron chi connectivity index (χ0n) is 22.7. The van der Waals surface area contributed by atoms with Gasteiger partial charge in [-0.1, -0.05) is 43.6 Å². The number of aliphatic hydroxyl groups is 1. The molecule has 2 N–H and O–H groups in total. The van der Waals surface area contributed by atoms with Gasteiger partial charge in [0.25, 0.3) is 0 Å². The average molecular weight is 566 g/mol. The number of amides is 2. The maximum atomic E-state index is 16.2. The Balaban J connectivity index is 1.24. The molecule has 3 aliphatic heterocycles. The van der Waals surface area contributed by atoms with Gasteiger partial charge in [-0.3, -0.25) is 24.8 Å². The summed E-state index contributed by atoms with van der Waals surface area (Å²) in [5.74, 6) is -1.43. The van der Waals surface area contributed by atoms with Crippen LogP contribution in [-0.2, 0) is 26.5 Å². The number of hydrogen-bond donors (Lipinski definition) is 2. The van der Waals surface area contributed by atoms with Crippen molar-refractivity contribution < 1.29 is 23.8 Å². The van der Waals surface area contributed by atoms with Gasteiger partial charge in [0.05, 0.1) is 30.2 Å². The summed E-state index contributed by atoms with van der Waals surface area (Å²) in [7, 11) is 0. The van der Waals surface area contributed by atoms with Gasteiger partial charge in [0.15, 0.2) is 0 Å². The van der Waals surface area contributed by atoms with Gasteiger partial charge in [-0.2, -0.15) is 0 Å². The molecular weight excluding hydrogens is 533 g/mol. The van der Waals surface area contributed by atoms with E-state index in [-0.39, 0.29) is 23.3 Å². The van der Waals surface area contributed by atoms with Crippen molar-refractivity contribution in [3.8, 4) is 0 Å². The molecular formula is C31H33ClFN3O4. The Kier molecular flexibility index (Phi) is 6.94. The van der Waals surface area contributed by atoms with E-state index in [2.05, 4.69) is 27.3 Å². The van der Waals surface area contributed by atoms with Crippen LogP contribution in [0.5, 0.6) is 0 Å². The van der Waals surface area contributed by atoms with Crippen LogP contribution in [0.15, 0.2) is 42.6 Å². The highest BCUT2D eigenvalue weighted by Crippen LogP contribution is 2.48. The molecule has 9 heteroatoms. The van der Waals surface area contributed by atoms with Gasteiger partial charge in [-0.25, -0.2) is 4.39 Å². The summed E-state index contributed by atoms with van der Waals surface area (Å²) < 4.78 is 21.5. The third-order valence-corrected chi connectivity index (χ3v) is 9.31. The van der Waals surface area contributed by atoms with Crippen LogP contribution in [0.25, 0.3) is 10.9 Å². The number of aromatic nitrogens is 1. The average Bonchev–Trinajstić information content (AvgIpc) is 2.87. The lowest BCUT2D eigenvalue weighted by Gasteiger charge is -2.50. The first kappa shape index (κ1) is 27.3. The van der Waals surface area contributed by atoms with Crippen LogP contribution in [0.3, 0.4) is 0 Å². The van der Waals surface area contributed by atoms with E-state index >= 15 is 4.39 Å².